The number of rotatable bonds is 6. The molecule has 4 rings (SSSR count). The molecular formula is C21H20ClN3O5. The van der Waals surface area contributed by atoms with E-state index in [0.717, 1.165) is 16.0 Å². The van der Waals surface area contributed by atoms with Crippen molar-refractivity contribution in [2.75, 3.05) is 13.3 Å². The minimum atomic E-state index is -1.15. The Kier molecular flexibility index (Phi) is 5.26. The fourth-order valence-electron chi connectivity index (χ4n) is 3.47. The van der Waals surface area contributed by atoms with Crippen LogP contribution in [-0.2, 0) is 22.6 Å². The first kappa shape index (κ1) is 20.0. The fraction of sp³-hybridized carbons (Fsp3) is 0.286. The highest BCUT2D eigenvalue weighted by Gasteiger charge is 2.48. The third-order valence-corrected chi connectivity index (χ3v) is 5.30. The topological polar surface area (TPSA) is 97.0 Å². The zero-order valence-electron chi connectivity index (χ0n) is 16.2. The molecule has 2 aliphatic rings. The van der Waals surface area contributed by atoms with Crippen LogP contribution in [0.1, 0.15) is 18.1 Å². The summed E-state index contributed by atoms with van der Waals surface area (Å²) in [5, 5.41) is 6.01. The maximum absolute atomic E-state index is 12.9. The third kappa shape index (κ3) is 4.04. The largest absolute Gasteiger partial charge is 0.454 e. The van der Waals surface area contributed by atoms with Gasteiger partial charge in [0.2, 0.25) is 12.7 Å². The van der Waals surface area contributed by atoms with Crippen molar-refractivity contribution in [3.05, 3.63) is 58.6 Å². The quantitative estimate of drug-likeness (QED) is 0.686. The number of halogens is 1. The molecule has 2 aliphatic heterocycles. The van der Waals surface area contributed by atoms with Gasteiger partial charge in [-0.1, -0.05) is 29.8 Å². The van der Waals surface area contributed by atoms with E-state index in [2.05, 4.69) is 10.6 Å². The molecule has 2 N–H and O–H groups in total. The van der Waals surface area contributed by atoms with E-state index in [0.29, 0.717) is 16.5 Å². The molecule has 1 saturated heterocycles. The Morgan fingerprint density at radius 2 is 1.83 bits per heavy atom. The third-order valence-electron chi connectivity index (χ3n) is 5.04. The van der Waals surface area contributed by atoms with Gasteiger partial charge in [0.25, 0.3) is 5.91 Å². The Morgan fingerprint density at radius 1 is 1.13 bits per heavy atom. The molecule has 8 nitrogen and oxygen atoms in total. The molecule has 156 valence electrons. The van der Waals surface area contributed by atoms with E-state index < -0.39 is 23.4 Å². The number of fused-ring (bicyclic) bond motifs is 1. The van der Waals surface area contributed by atoms with Crippen LogP contribution in [0.5, 0.6) is 11.5 Å². The summed E-state index contributed by atoms with van der Waals surface area (Å²) in [6, 6.07) is 11.8. The second-order valence-corrected chi connectivity index (χ2v) is 7.86. The van der Waals surface area contributed by atoms with Gasteiger partial charge in [0.05, 0.1) is 0 Å². The Morgan fingerprint density at radius 3 is 2.60 bits per heavy atom. The van der Waals surface area contributed by atoms with Crippen LogP contribution < -0.4 is 20.1 Å². The predicted molar refractivity (Wildman–Crippen MR) is 108 cm³/mol. The van der Waals surface area contributed by atoms with Crippen LogP contribution in [0.15, 0.2) is 42.5 Å². The lowest BCUT2D eigenvalue weighted by molar-refractivity contribution is -0.134. The molecule has 0 radical (unpaired) electrons. The standard InChI is InChI=1S/C21H20ClN3O5/c1-21(9-14-4-7-16-17(8-14)30-12-29-16)19(27)25(20(28)24-21)11-18(26)23-10-13-2-5-15(22)6-3-13/h2-8H,9-12H2,1H3,(H,23,26)(H,24,28)/t21-/m0/s1. The molecule has 0 unspecified atom stereocenters. The molecule has 0 spiro atoms. The molecular weight excluding hydrogens is 410 g/mol. The van der Waals surface area contributed by atoms with Crippen LogP contribution in [0, 0.1) is 0 Å². The van der Waals surface area contributed by atoms with Crippen molar-refractivity contribution in [3.8, 4) is 11.5 Å². The number of carbonyl (C=O) groups is 3. The van der Waals surface area contributed by atoms with Crippen LogP contribution in [0.4, 0.5) is 4.79 Å². The highest BCUT2D eigenvalue weighted by atomic mass is 35.5. The number of nitrogens with one attached hydrogen (secondary N) is 2. The molecule has 0 aromatic heterocycles. The van der Waals surface area contributed by atoms with Crippen LogP contribution >= 0.6 is 11.6 Å². The molecule has 0 aliphatic carbocycles. The molecule has 0 bridgehead atoms. The van der Waals surface area contributed by atoms with Crippen molar-refractivity contribution in [2.45, 2.75) is 25.4 Å². The van der Waals surface area contributed by atoms with Crippen molar-refractivity contribution in [1.82, 2.24) is 15.5 Å². The average Bonchev–Trinajstić information content (AvgIpc) is 3.25. The minimum Gasteiger partial charge on any atom is -0.454 e. The van der Waals surface area contributed by atoms with E-state index in [1.165, 1.54) is 0 Å². The van der Waals surface area contributed by atoms with Crippen molar-refractivity contribution >= 4 is 29.4 Å². The van der Waals surface area contributed by atoms with Gasteiger partial charge in [0.1, 0.15) is 12.1 Å². The molecule has 9 heteroatoms. The molecule has 2 aromatic carbocycles. The highest BCUT2D eigenvalue weighted by Crippen LogP contribution is 2.34. The monoisotopic (exact) mass is 429 g/mol. The molecule has 30 heavy (non-hydrogen) atoms. The minimum absolute atomic E-state index is 0.157. The molecule has 4 amide bonds. The summed E-state index contributed by atoms with van der Waals surface area (Å²) < 4.78 is 10.7. The number of carbonyl (C=O) groups excluding carboxylic acids is 3. The predicted octanol–water partition coefficient (Wildman–Crippen LogP) is 2.24. The summed E-state index contributed by atoms with van der Waals surface area (Å²) in [6.45, 7) is 1.72. The number of hydrogen-bond acceptors (Lipinski definition) is 5. The Bertz CT molecular complexity index is 1010. The van der Waals surface area contributed by atoms with E-state index in [-0.39, 0.29) is 26.3 Å². The lowest BCUT2D eigenvalue weighted by atomic mass is 9.92. The highest BCUT2D eigenvalue weighted by molar-refractivity contribution is 6.30. The summed E-state index contributed by atoms with van der Waals surface area (Å²) >= 11 is 5.84. The van der Waals surface area contributed by atoms with Crippen molar-refractivity contribution in [1.29, 1.82) is 0 Å². The first-order valence-corrected chi connectivity index (χ1v) is 9.76. The summed E-state index contributed by atoms with van der Waals surface area (Å²) in [5.41, 5.74) is 0.517. The Labute approximate surface area is 178 Å². The number of hydrogen-bond donors (Lipinski definition) is 2. The van der Waals surface area contributed by atoms with Crippen molar-refractivity contribution in [3.63, 3.8) is 0 Å². The van der Waals surface area contributed by atoms with Gasteiger partial charge in [-0.15, -0.1) is 0 Å². The molecule has 2 aromatic rings. The normalized spacial score (nSPS) is 19.7. The number of urea groups is 1. The number of nitrogens with zero attached hydrogens (tertiary/aromatic N) is 1. The van der Waals surface area contributed by atoms with Crippen molar-refractivity contribution < 1.29 is 23.9 Å². The van der Waals surface area contributed by atoms with Gasteiger partial charge in [0, 0.05) is 18.0 Å². The number of ether oxygens (including phenoxy) is 2. The van der Waals surface area contributed by atoms with Crippen LogP contribution in [-0.4, -0.2) is 41.6 Å². The van der Waals surface area contributed by atoms with Gasteiger partial charge < -0.3 is 20.1 Å². The lowest BCUT2D eigenvalue weighted by Crippen LogP contribution is -2.46. The van der Waals surface area contributed by atoms with Crippen LogP contribution in [0.25, 0.3) is 0 Å². The maximum atomic E-state index is 12.9. The number of imide groups is 1. The Hall–Kier alpha value is -3.26. The van der Waals surface area contributed by atoms with E-state index in [4.69, 9.17) is 21.1 Å². The Balaban J connectivity index is 1.38. The van der Waals surface area contributed by atoms with Crippen LogP contribution in [0.2, 0.25) is 5.02 Å². The van der Waals surface area contributed by atoms with E-state index in [9.17, 15) is 14.4 Å². The molecule has 1 atom stereocenters. The first-order chi connectivity index (χ1) is 14.3. The van der Waals surface area contributed by atoms with E-state index in [1.807, 2.05) is 6.07 Å². The lowest BCUT2D eigenvalue weighted by Gasteiger charge is -2.22. The van der Waals surface area contributed by atoms with Gasteiger partial charge >= 0.3 is 6.03 Å². The molecule has 1 fully saturated rings. The zero-order chi connectivity index (χ0) is 21.3. The van der Waals surface area contributed by atoms with E-state index >= 15 is 0 Å². The SMILES string of the molecule is C[C@@]1(Cc2ccc3c(c2)OCO3)NC(=O)N(CC(=O)NCc2ccc(Cl)cc2)C1=O. The summed E-state index contributed by atoms with van der Waals surface area (Å²) in [7, 11) is 0. The number of benzene rings is 2. The molecule has 0 saturated carbocycles. The van der Waals surface area contributed by atoms with Gasteiger partial charge in [0.15, 0.2) is 11.5 Å². The summed E-state index contributed by atoms with van der Waals surface area (Å²) in [5.74, 6) is 0.364. The zero-order valence-corrected chi connectivity index (χ0v) is 17.0. The number of amides is 4. The van der Waals surface area contributed by atoms with Gasteiger partial charge in [-0.3, -0.25) is 14.5 Å². The fourth-order valence-corrected chi connectivity index (χ4v) is 3.60. The second kappa shape index (κ2) is 7.87. The van der Waals surface area contributed by atoms with Gasteiger partial charge in [-0.05, 0) is 42.3 Å². The molecule has 2 heterocycles. The van der Waals surface area contributed by atoms with Crippen molar-refractivity contribution in [2.24, 2.45) is 0 Å². The smallest absolute Gasteiger partial charge is 0.325 e. The second-order valence-electron chi connectivity index (χ2n) is 7.42. The summed E-state index contributed by atoms with van der Waals surface area (Å²) in [6.07, 6.45) is 0.261. The summed E-state index contributed by atoms with van der Waals surface area (Å²) in [4.78, 5) is 38.5. The van der Waals surface area contributed by atoms with Gasteiger partial charge in [-0.2, -0.15) is 0 Å². The first-order valence-electron chi connectivity index (χ1n) is 9.38. The average molecular weight is 430 g/mol. The van der Waals surface area contributed by atoms with Crippen LogP contribution in [0.3, 0.4) is 0 Å². The maximum Gasteiger partial charge on any atom is 0.325 e. The van der Waals surface area contributed by atoms with Gasteiger partial charge in [-0.25, -0.2) is 4.79 Å². The van der Waals surface area contributed by atoms with E-state index in [1.54, 1.807) is 43.3 Å².